The smallest absolute Gasteiger partial charge is 0.340 e. The molecule has 0 radical (unpaired) electrons. The molecule has 0 unspecified atom stereocenters. The van der Waals surface area contributed by atoms with Crippen LogP contribution in [-0.2, 0) is 9.53 Å². The number of anilines is 1. The average molecular weight is 388 g/mol. The van der Waals surface area contributed by atoms with E-state index < -0.39 is 5.60 Å². The van der Waals surface area contributed by atoms with Crippen LogP contribution in [0.25, 0.3) is 0 Å². The minimum absolute atomic E-state index is 0.170. The Hall–Kier alpha value is -2.11. The van der Waals surface area contributed by atoms with Gasteiger partial charge in [-0.2, -0.15) is 0 Å². The van der Waals surface area contributed by atoms with Gasteiger partial charge in [-0.15, -0.1) is 0 Å². The van der Waals surface area contributed by atoms with Gasteiger partial charge < -0.3 is 15.0 Å². The Labute approximate surface area is 168 Å². The van der Waals surface area contributed by atoms with Gasteiger partial charge in [-0.3, -0.25) is 4.79 Å². The first-order valence-electron chi connectivity index (χ1n) is 10.5. The van der Waals surface area contributed by atoms with Crippen LogP contribution < -0.4 is 10.2 Å². The number of nitrogens with zero attached hydrogens (tertiary/aromatic N) is 2. The molecule has 1 aromatic heterocycles. The zero-order valence-corrected chi connectivity index (χ0v) is 17.4. The maximum Gasteiger partial charge on any atom is 0.340 e. The van der Waals surface area contributed by atoms with Crippen molar-refractivity contribution in [3.05, 3.63) is 23.9 Å². The molecular formula is C22H33N3O3. The number of nitrogens with one attached hydrogen (secondary N) is 1. The lowest BCUT2D eigenvalue weighted by molar-refractivity contribution is -0.132. The SMILES string of the molecule is CC(C)(C)OC(=O)c1ccc(N2CCCC3(CCCCNC3=O)CCC2)nc1. The topological polar surface area (TPSA) is 71.5 Å². The first-order chi connectivity index (χ1) is 13.3. The number of rotatable bonds is 2. The van der Waals surface area contributed by atoms with E-state index in [0.29, 0.717) is 5.56 Å². The fourth-order valence-corrected chi connectivity index (χ4v) is 4.28. The van der Waals surface area contributed by atoms with Crippen LogP contribution in [0.2, 0.25) is 0 Å². The lowest BCUT2D eigenvalue weighted by Gasteiger charge is -2.36. The van der Waals surface area contributed by atoms with Crippen LogP contribution in [0.5, 0.6) is 0 Å². The fourth-order valence-electron chi connectivity index (χ4n) is 4.28. The van der Waals surface area contributed by atoms with Crippen molar-refractivity contribution < 1.29 is 14.3 Å². The van der Waals surface area contributed by atoms with Gasteiger partial charge >= 0.3 is 5.97 Å². The third kappa shape index (κ3) is 5.03. The number of carbonyl (C=O) groups excluding carboxylic acids is 2. The molecule has 6 nitrogen and oxygen atoms in total. The minimum atomic E-state index is -0.515. The number of hydrogen-bond acceptors (Lipinski definition) is 5. The van der Waals surface area contributed by atoms with Crippen LogP contribution in [-0.4, -0.2) is 42.1 Å². The van der Waals surface area contributed by atoms with E-state index in [2.05, 4.69) is 15.2 Å². The van der Waals surface area contributed by atoms with Gasteiger partial charge in [0.25, 0.3) is 0 Å². The Morgan fingerprint density at radius 3 is 2.39 bits per heavy atom. The van der Waals surface area contributed by atoms with Crippen LogP contribution in [0.1, 0.15) is 76.1 Å². The van der Waals surface area contributed by atoms with Crippen molar-refractivity contribution in [2.75, 3.05) is 24.5 Å². The maximum atomic E-state index is 12.6. The lowest BCUT2D eigenvalue weighted by atomic mass is 9.74. The molecule has 1 aromatic rings. The average Bonchev–Trinajstić information content (AvgIpc) is 2.79. The molecule has 3 heterocycles. The predicted molar refractivity (Wildman–Crippen MR) is 109 cm³/mol. The Kier molecular flexibility index (Phi) is 6.26. The van der Waals surface area contributed by atoms with Crippen LogP contribution in [0, 0.1) is 5.41 Å². The van der Waals surface area contributed by atoms with Crippen molar-refractivity contribution in [1.82, 2.24) is 10.3 Å². The molecule has 28 heavy (non-hydrogen) atoms. The fraction of sp³-hybridized carbons (Fsp3) is 0.682. The second kappa shape index (κ2) is 8.50. The van der Waals surface area contributed by atoms with Crippen molar-refractivity contribution in [2.24, 2.45) is 5.41 Å². The highest BCUT2D eigenvalue weighted by atomic mass is 16.6. The van der Waals surface area contributed by atoms with Gasteiger partial charge in [0.15, 0.2) is 0 Å². The second-order valence-electron chi connectivity index (χ2n) is 9.09. The first kappa shape index (κ1) is 20.6. The van der Waals surface area contributed by atoms with Crippen molar-refractivity contribution in [1.29, 1.82) is 0 Å². The summed E-state index contributed by atoms with van der Waals surface area (Å²) < 4.78 is 5.40. The molecule has 154 valence electrons. The zero-order valence-electron chi connectivity index (χ0n) is 17.4. The minimum Gasteiger partial charge on any atom is -0.456 e. The van der Waals surface area contributed by atoms with E-state index in [-0.39, 0.29) is 17.3 Å². The molecular weight excluding hydrogens is 354 g/mol. The molecule has 1 spiro atoms. The molecule has 2 saturated heterocycles. The maximum absolute atomic E-state index is 12.6. The predicted octanol–water partition coefficient (Wildman–Crippen LogP) is 3.70. The Morgan fingerprint density at radius 2 is 1.79 bits per heavy atom. The lowest BCUT2D eigenvalue weighted by Crippen LogP contribution is -2.42. The molecule has 3 rings (SSSR count). The van der Waals surface area contributed by atoms with Crippen molar-refractivity contribution >= 4 is 17.7 Å². The van der Waals surface area contributed by atoms with E-state index in [1.807, 2.05) is 26.8 Å². The molecule has 0 saturated carbocycles. The molecule has 2 aliphatic rings. The van der Waals surface area contributed by atoms with Crippen LogP contribution in [0.4, 0.5) is 5.82 Å². The van der Waals surface area contributed by atoms with Gasteiger partial charge in [0, 0.05) is 31.2 Å². The molecule has 0 atom stereocenters. The molecule has 1 amide bonds. The summed E-state index contributed by atoms with van der Waals surface area (Å²) in [6.07, 6.45) is 8.66. The quantitative estimate of drug-likeness (QED) is 0.784. The molecule has 2 aliphatic heterocycles. The van der Waals surface area contributed by atoms with Crippen molar-refractivity contribution in [2.45, 2.75) is 71.3 Å². The number of carbonyl (C=O) groups is 2. The summed E-state index contributed by atoms with van der Waals surface area (Å²) in [6, 6.07) is 3.68. The third-order valence-electron chi connectivity index (χ3n) is 5.72. The number of amides is 1. The number of aromatic nitrogens is 1. The highest BCUT2D eigenvalue weighted by molar-refractivity contribution is 5.89. The molecule has 2 fully saturated rings. The van der Waals surface area contributed by atoms with Gasteiger partial charge in [-0.25, -0.2) is 9.78 Å². The summed E-state index contributed by atoms with van der Waals surface area (Å²) in [5.74, 6) is 0.799. The normalized spacial score (nSPS) is 20.7. The summed E-state index contributed by atoms with van der Waals surface area (Å²) in [5.41, 5.74) is -0.213. The number of ether oxygens (including phenoxy) is 1. The van der Waals surface area contributed by atoms with Crippen LogP contribution in [0.3, 0.4) is 0 Å². The van der Waals surface area contributed by atoms with E-state index in [0.717, 1.165) is 70.4 Å². The second-order valence-corrected chi connectivity index (χ2v) is 9.09. The van der Waals surface area contributed by atoms with Gasteiger partial charge in [0.05, 0.1) is 5.56 Å². The summed E-state index contributed by atoms with van der Waals surface area (Å²) >= 11 is 0. The molecule has 6 heteroatoms. The zero-order chi connectivity index (χ0) is 20.2. The Morgan fingerprint density at radius 1 is 1.11 bits per heavy atom. The van der Waals surface area contributed by atoms with E-state index in [4.69, 9.17) is 4.74 Å². The van der Waals surface area contributed by atoms with Gasteiger partial charge in [-0.1, -0.05) is 6.42 Å². The Balaban J connectivity index is 1.62. The van der Waals surface area contributed by atoms with Gasteiger partial charge in [0.1, 0.15) is 11.4 Å². The summed E-state index contributed by atoms with van der Waals surface area (Å²) in [6.45, 7) is 8.15. The van der Waals surface area contributed by atoms with E-state index in [1.54, 1.807) is 12.3 Å². The Bertz CT molecular complexity index is 684. The summed E-state index contributed by atoms with van der Waals surface area (Å²) in [5, 5.41) is 3.12. The van der Waals surface area contributed by atoms with Crippen molar-refractivity contribution in [3.63, 3.8) is 0 Å². The molecule has 0 bridgehead atoms. The standard InChI is InChI=1S/C22H33N3O3/c1-21(2,3)28-19(26)17-8-9-18(24-16-17)25-14-6-11-22(12-7-15-25)10-4-5-13-23-20(22)27/h8-9,16H,4-7,10-15H2,1-3H3,(H,23,27). The largest absolute Gasteiger partial charge is 0.456 e. The number of esters is 1. The molecule has 0 aromatic carbocycles. The highest BCUT2D eigenvalue weighted by Gasteiger charge is 2.39. The third-order valence-corrected chi connectivity index (χ3v) is 5.72. The highest BCUT2D eigenvalue weighted by Crippen LogP contribution is 2.38. The first-order valence-corrected chi connectivity index (χ1v) is 10.5. The number of pyridine rings is 1. The van der Waals surface area contributed by atoms with E-state index in [9.17, 15) is 9.59 Å². The van der Waals surface area contributed by atoms with E-state index >= 15 is 0 Å². The van der Waals surface area contributed by atoms with Crippen LogP contribution >= 0.6 is 0 Å². The number of hydrogen-bond donors (Lipinski definition) is 1. The molecule has 0 aliphatic carbocycles. The van der Waals surface area contributed by atoms with E-state index in [1.165, 1.54) is 0 Å². The van der Waals surface area contributed by atoms with Gasteiger partial charge in [-0.05, 0) is 71.4 Å². The monoisotopic (exact) mass is 387 g/mol. The summed E-state index contributed by atoms with van der Waals surface area (Å²) in [4.78, 5) is 31.6. The van der Waals surface area contributed by atoms with Crippen molar-refractivity contribution in [3.8, 4) is 0 Å². The van der Waals surface area contributed by atoms with Crippen LogP contribution in [0.15, 0.2) is 18.3 Å². The molecule has 1 N–H and O–H groups in total. The summed E-state index contributed by atoms with van der Waals surface area (Å²) in [7, 11) is 0. The van der Waals surface area contributed by atoms with Gasteiger partial charge in [0.2, 0.25) is 5.91 Å².